The van der Waals surface area contributed by atoms with Gasteiger partial charge in [0.1, 0.15) is 0 Å². The van der Waals surface area contributed by atoms with Crippen LogP contribution in [0.25, 0.3) is 0 Å². The van der Waals surface area contributed by atoms with Crippen molar-refractivity contribution in [1.29, 1.82) is 0 Å². The molecular weight excluding hydrogens is 442 g/mol. The Morgan fingerprint density at radius 2 is 0.724 bits per heavy atom. The van der Waals surface area contributed by atoms with Gasteiger partial charge in [0, 0.05) is 33.6 Å². The fourth-order valence-corrected chi connectivity index (χ4v) is 6.33. The third kappa shape index (κ3) is 7.50. The van der Waals surface area contributed by atoms with Crippen LogP contribution in [-0.2, 0) is 23.8 Å². The first-order valence-corrected chi connectivity index (χ1v) is 13.1. The van der Waals surface area contributed by atoms with Crippen LogP contribution in [0, 0.1) is 0 Å². The molecule has 0 aliphatic heterocycles. The third-order valence-electron chi connectivity index (χ3n) is 5.16. The summed E-state index contributed by atoms with van der Waals surface area (Å²) >= 11 is 18.0. The molecule has 152 valence electrons. The molecule has 0 unspecified atom stereocenters. The molecule has 0 saturated carbocycles. The molecule has 0 aliphatic rings. The van der Waals surface area contributed by atoms with Crippen molar-refractivity contribution in [3.8, 4) is 0 Å². The largest absolute Gasteiger partial charge is 0.324 e. The van der Waals surface area contributed by atoms with E-state index in [4.69, 9.17) is 34.8 Å². The maximum atomic E-state index is 13.9. The maximum Gasteiger partial charge on any atom is 0.0887 e. The second-order valence-corrected chi connectivity index (χ2v) is 12.1. The SMILES string of the molecule is O=P(CCc1ccc(Cl)cc1)(CCc1ccc(Cl)cc1)CCc1ccc(Cl)cc1. The summed E-state index contributed by atoms with van der Waals surface area (Å²) in [4.78, 5) is 0. The van der Waals surface area contributed by atoms with Crippen LogP contribution >= 0.6 is 41.9 Å². The van der Waals surface area contributed by atoms with E-state index >= 15 is 0 Å². The molecule has 0 spiro atoms. The Labute approximate surface area is 188 Å². The lowest BCUT2D eigenvalue weighted by Crippen LogP contribution is -2.07. The Morgan fingerprint density at radius 1 is 0.483 bits per heavy atom. The molecule has 29 heavy (non-hydrogen) atoms. The highest BCUT2D eigenvalue weighted by Gasteiger charge is 2.22. The number of halogens is 3. The van der Waals surface area contributed by atoms with E-state index in [-0.39, 0.29) is 0 Å². The van der Waals surface area contributed by atoms with E-state index < -0.39 is 7.14 Å². The van der Waals surface area contributed by atoms with Gasteiger partial charge in [0.25, 0.3) is 0 Å². The Balaban J connectivity index is 1.67. The van der Waals surface area contributed by atoms with Gasteiger partial charge >= 0.3 is 0 Å². The zero-order valence-electron chi connectivity index (χ0n) is 16.2. The normalized spacial score (nSPS) is 11.6. The fraction of sp³-hybridized carbons (Fsp3) is 0.250. The van der Waals surface area contributed by atoms with Crippen LogP contribution in [0.5, 0.6) is 0 Å². The summed E-state index contributed by atoms with van der Waals surface area (Å²) in [5, 5.41) is 2.17. The molecule has 0 fully saturated rings. The predicted molar refractivity (Wildman–Crippen MR) is 128 cm³/mol. The monoisotopic (exact) mass is 464 g/mol. The van der Waals surface area contributed by atoms with Gasteiger partial charge in [0.05, 0.1) is 7.14 Å². The van der Waals surface area contributed by atoms with Crippen LogP contribution < -0.4 is 0 Å². The topological polar surface area (TPSA) is 17.1 Å². The summed E-state index contributed by atoms with van der Waals surface area (Å²) in [5.41, 5.74) is 3.52. The molecule has 0 N–H and O–H groups in total. The van der Waals surface area contributed by atoms with Crippen LogP contribution in [-0.4, -0.2) is 18.5 Å². The minimum atomic E-state index is -2.35. The molecule has 3 aromatic rings. The number of aryl methyl sites for hydroxylation is 3. The summed E-state index contributed by atoms with van der Waals surface area (Å²) in [6, 6.07) is 23.5. The lowest BCUT2D eigenvalue weighted by molar-refractivity contribution is 0.572. The average molecular weight is 466 g/mol. The van der Waals surface area contributed by atoms with Crippen molar-refractivity contribution in [2.45, 2.75) is 19.3 Å². The Kier molecular flexibility index (Phi) is 8.27. The zero-order valence-corrected chi connectivity index (χ0v) is 19.3. The van der Waals surface area contributed by atoms with Crippen molar-refractivity contribution >= 4 is 41.9 Å². The Bertz CT molecular complexity index is 824. The standard InChI is InChI=1S/C24H24Cl3OP/c25-22-7-1-19(2-8-22)13-16-29(28,17-14-20-3-9-23(26)10-4-20)18-15-21-5-11-24(27)12-6-21/h1-12H,13-18H2. The van der Waals surface area contributed by atoms with Crippen molar-refractivity contribution in [1.82, 2.24) is 0 Å². The van der Waals surface area contributed by atoms with Crippen LogP contribution in [0.3, 0.4) is 0 Å². The van der Waals surface area contributed by atoms with Gasteiger partial charge in [0.2, 0.25) is 0 Å². The molecule has 0 saturated heterocycles. The summed E-state index contributed by atoms with van der Waals surface area (Å²) in [6.45, 7) is 0. The second kappa shape index (κ2) is 10.7. The predicted octanol–water partition coefficient (Wildman–Crippen LogP) is 8.04. The summed E-state index contributed by atoms with van der Waals surface area (Å²) in [7, 11) is -2.35. The Morgan fingerprint density at radius 3 is 0.966 bits per heavy atom. The summed E-state index contributed by atoms with van der Waals surface area (Å²) < 4.78 is 13.9. The van der Waals surface area contributed by atoms with Gasteiger partial charge in [-0.2, -0.15) is 0 Å². The summed E-state index contributed by atoms with van der Waals surface area (Å²) in [5.74, 6) is 0. The average Bonchev–Trinajstić information content (AvgIpc) is 2.73. The van der Waals surface area contributed by atoms with Gasteiger partial charge in [-0.3, -0.25) is 0 Å². The molecule has 0 radical (unpaired) electrons. The van der Waals surface area contributed by atoms with Crippen LogP contribution in [0.1, 0.15) is 16.7 Å². The molecule has 0 amide bonds. The molecule has 0 atom stereocenters. The number of hydrogen-bond acceptors (Lipinski definition) is 1. The summed E-state index contributed by atoms with van der Waals surface area (Å²) in [6.07, 6.45) is 4.52. The van der Waals surface area contributed by atoms with Crippen LogP contribution in [0.2, 0.25) is 15.1 Å². The Hall–Kier alpha value is -1.24. The van der Waals surface area contributed by atoms with E-state index in [0.29, 0.717) is 18.5 Å². The van der Waals surface area contributed by atoms with Crippen molar-refractivity contribution in [2.24, 2.45) is 0 Å². The first kappa shape index (κ1) is 22.4. The van der Waals surface area contributed by atoms with E-state index in [0.717, 1.165) is 34.3 Å². The molecule has 5 heteroatoms. The van der Waals surface area contributed by atoms with E-state index in [1.807, 2.05) is 72.8 Å². The number of hydrogen-bond donors (Lipinski definition) is 0. The minimum Gasteiger partial charge on any atom is -0.324 e. The smallest absolute Gasteiger partial charge is 0.0887 e. The van der Waals surface area contributed by atoms with Crippen molar-refractivity contribution in [3.05, 3.63) is 105 Å². The van der Waals surface area contributed by atoms with E-state index in [1.165, 1.54) is 16.7 Å². The third-order valence-corrected chi connectivity index (χ3v) is 9.04. The van der Waals surface area contributed by atoms with Gasteiger partial charge in [-0.15, -0.1) is 0 Å². The molecule has 0 aromatic heterocycles. The first-order chi connectivity index (χ1) is 13.9. The first-order valence-electron chi connectivity index (χ1n) is 9.72. The van der Waals surface area contributed by atoms with Crippen LogP contribution in [0.15, 0.2) is 72.8 Å². The fourth-order valence-electron chi connectivity index (χ4n) is 3.29. The molecule has 3 rings (SSSR count). The highest BCUT2D eigenvalue weighted by atomic mass is 35.5. The molecule has 0 aliphatic carbocycles. The number of benzene rings is 3. The van der Waals surface area contributed by atoms with E-state index in [9.17, 15) is 4.57 Å². The van der Waals surface area contributed by atoms with Crippen molar-refractivity contribution < 1.29 is 4.57 Å². The van der Waals surface area contributed by atoms with Crippen molar-refractivity contribution in [3.63, 3.8) is 0 Å². The highest BCUT2D eigenvalue weighted by molar-refractivity contribution is 7.63. The van der Waals surface area contributed by atoms with E-state index in [1.54, 1.807) is 0 Å². The molecular formula is C24H24Cl3OP. The zero-order chi connectivity index (χ0) is 20.7. The maximum absolute atomic E-state index is 13.9. The van der Waals surface area contributed by atoms with Gasteiger partial charge in [-0.05, 0) is 72.4 Å². The van der Waals surface area contributed by atoms with E-state index in [2.05, 4.69) is 0 Å². The van der Waals surface area contributed by atoms with Gasteiger partial charge < -0.3 is 4.57 Å². The van der Waals surface area contributed by atoms with Gasteiger partial charge in [0.15, 0.2) is 0 Å². The number of rotatable bonds is 9. The molecule has 3 aromatic carbocycles. The van der Waals surface area contributed by atoms with Crippen molar-refractivity contribution in [2.75, 3.05) is 18.5 Å². The van der Waals surface area contributed by atoms with Crippen LogP contribution in [0.4, 0.5) is 0 Å². The molecule has 0 heterocycles. The molecule has 1 nitrogen and oxygen atoms in total. The second-order valence-electron chi connectivity index (χ2n) is 7.36. The quantitative estimate of drug-likeness (QED) is 0.292. The highest BCUT2D eigenvalue weighted by Crippen LogP contribution is 2.47. The lowest BCUT2D eigenvalue weighted by atomic mass is 10.2. The molecule has 0 bridgehead atoms. The van der Waals surface area contributed by atoms with Gasteiger partial charge in [-0.25, -0.2) is 0 Å². The minimum absolute atomic E-state index is 0.704. The lowest BCUT2D eigenvalue weighted by Gasteiger charge is -2.19. The van der Waals surface area contributed by atoms with Gasteiger partial charge in [-0.1, -0.05) is 71.2 Å².